The van der Waals surface area contributed by atoms with Crippen molar-refractivity contribution in [2.45, 2.75) is 31.3 Å². The Kier molecular flexibility index (Phi) is 3.09. The molecule has 0 aromatic heterocycles. The van der Waals surface area contributed by atoms with E-state index in [9.17, 15) is 14.7 Å². The monoisotopic (exact) mass is 323 g/mol. The molecular formula is C14H14BrNO3. The Labute approximate surface area is 119 Å². The van der Waals surface area contributed by atoms with Crippen LogP contribution in [-0.4, -0.2) is 34.0 Å². The summed E-state index contributed by atoms with van der Waals surface area (Å²) in [5, 5.41) is 9.20. The number of carboxylic acid groups (broad SMARTS) is 1. The van der Waals surface area contributed by atoms with Gasteiger partial charge in [-0.15, -0.1) is 0 Å². The van der Waals surface area contributed by atoms with E-state index in [2.05, 4.69) is 15.9 Å². The molecular weight excluding hydrogens is 310 g/mol. The van der Waals surface area contributed by atoms with E-state index < -0.39 is 11.9 Å². The number of hydrogen-bond acceptors (Lipinski definition) is 2. The topological polar surface area (TPSA) is 57.6 Å². The largest absolute Gasteiger partial charge is 0.481 e. The van der Waals surface area contributed by atoms with Gasteiger partial charge < -0.3 is 10.0 Å². The quantitative estimate of drug-likeness (QED) is 0.909. The average molecular weight is 324 g/mol. The van der Waals surface area contributed by atoms with Crippen molar-refractivity contribution in [1.29, 1.82) is 0 Å². The summed E-state index contributed by atoms with van der Waals surface area (Å²) in [7, 11) is 0. The molecule has 3 rings (SSSR count). The summed E-state index contributed by atoms with van der Waals surface area (Å²) >= 11 is 3.34. The smallest absolute Gasteiger partial charge is 0.308 e. The zero-order valence-corrected chi connectivity index (χ0v) is 11.8. The summed E-state index contributed by atoms with van der Waals surface area (Å²) in [5.74, 6) is -1.21. The first kappa shape index (κ1) is 12.7. The van der Waals surface area contributed by atoms with Gasteiger partial charge in [0.15, 0.2) is 0 Å². The summed E-state index contributed by atoms with van der Waals surface area (Å²) in [5.41, 5.74) is 0.631. The second-order valence-electron chi connectivity index (χ2n) is 5.20. The van der Waals surface area contributed by atoms with Crippen LogP contribution >= 0.6 is 15.9 Å². The number of aliphatic carboxylic acids is 1. The molecule has 0 spiro atoms. The van der Waals surface area contributed by atoms with E-state index in [1.54, 1.807) is 17.0 Å². The van der Waals surface area contributed by atoms with E-state index in [0.717, 1.165) is 17.3 Å². The van der Waals surface area contributed by atoms with E-state index in [1.807, 2.05) is 12.1 Å². The number of halogens is 1. The van der Waals surface area contributed by atoms with Crippen LogP contribution in [0.25, 0.3) is 0 Å². The van der Waals surface area contributed by atoms with Gasteiger partial charge in [0.2, 0.25) is 0 Å². The molecule has 0 radical (unpaired) electrons. The Morgan fingerprint density at radius 2 is 1.89 bits per heavy atom. The Hall–Kier alpha value is -1.36. The molecule has 2 fully saturated rings. The van der Waals surface area contributed by atoms with Crippen LogP contribution in [0.3, 0.4) is 0 Å². The van der Waals surface area contributed by atoms with Crippen LogP contribution in [0.4, 0.5) is 0 Å². The minimum Gasteiger partial charge on any atom is -0.481 e. The third kappa shape index (κ3) is 2.06. The van der Waals surface area contributed by atoms with Crippen LogP contribution in [0.1, 0.15) is 29.6 Å². The van der Waals surface area contributed by atoms with Crippen molar-refractivity contribution in [3.05, 3.63) is 34.3 Å². The van der Waals surface area contributed by atoms with Gasteiger partial charge in [-0.2, -0.15) is 0 Å². The normalized spacial score (nSPS) is 28.7. The first-order valence-corrected chi connectivity index (χ1v) is 7.18. The van der Waals surface area contributed by atoms with Gasteiger partial charge in [-0.05, 0) is 43.5 Å². The molecule has 2 bridgehead atoms. The van der Waals surface area contributed by atoms with Gasteiger partial charge in [0, 0.05) is 22.1 Å². The Morgan fingerprint density at radius 3 is 2.47 bits per heavy atom. The van der Waals surface area contributed by atoms with Gasteiger partial charge in [-0.3, -0.25) is 9.59 Å². The molecule has 0 aliphatic carbocycles. The molecule has 4 nitrogen and oxygen atoms in total. The van der Waals surface area contributed by atoms with Crippen LogP contribution in [0.2, 0.25) is 0 Å². The minimum atomic E-state index is -0.777. The second kappa shape index (κ2) is 4.63. The zero-order valence-electron chi connectivity index (χ0n) is 10.3. The van der Waals surface area contributed by atoms with Gasteiger partial charge in [-0.25, -0.2) is 0 Å². The molecule has 1 N–H and O–H groups in total. The first-order valence-electron chi connectivity index (χ1n) is 6.39. The molecule has 5 heteroatoms. The number of amides is 1. The van der Waals surface area contributed by atoms with Crippen molar-refractivity contribution in [3.8, 4) is 0 Å². The van der Waals surface area contributed by atoms with Gasteiger partial charge in [0.05, 0.1) is 5.92 Å². The first-order chi connectivity index (χ1) is 9.08. The maximum absolute atomic E-state index is 12.5. The Balaban J connectivity index is 1.85. The zero-order chi connectivity index (χ0) is 13.6. The van der Waals surface area contributed by atoms with Crippen molar-refractivity contribution in [2.24, 2.45) is 5.92 Å². The molecule has 3 atom stereocenters. The fourth-order valence-corrected chi connectivity index (χ4v) is 3.58. The number of carbonyl (C=O) groups excluding carboxylic acids is 1. The highest BCUT2D eigenvalue weighted by Crippen LogP contribution is 2.42. The number of rotatable bonds is 2. The fraction of sp³-hybridized carbons (Fsp3) is 0.429. The van der Waals surface area contributed by atoms with E-state index >= 15 is 0 Å². The number of nitrogens with zero attached hydrogens (tertiary/aromatic N) is 1. The molecule has 2 saturated heterocycles. The molecule has 1 aromatic carbocycles. The third-order valence-corrected chi connectivity index (χ3v) is 4.71. The Bertz CT molecular complexity index is 528. The summed E-state index contributed by atoms with van der Waals surface area (Å²) in [4.78, 5) is 25.5. The predicted molar refractivity (Wildman–Crippen MR) is 72.9 cm³/mol. The van der Waals surface area contributed by atoms with Crippen LogP contribution in [-0.2, 0) is 4.79 Å². The lowest BCUT2D eigenvalue weighted by Crippen LogP contribution is -2.37. The van der Waals surface area contributed by atoms with Crippen LogP contribution in [0.15, 0.2) is 28.7 Å². The maximum Gasteiger partial charge on any atom is 0.308 e. The molecule has 2 aliphatic rings. The second-order valence-corrected chi connectivity index (χ2v) is 6.11. The lowest BCUT2D eigenvalue weighted by molar-refractivity contribution is -0.142. The van der Waals surface area contributed by atoms with Gasteiger partial charge in [0.1, 0.15) is 0 Å². The molecule has 3 unspecified atom stereocenters. The fourth-order valence-electron chi connectivity index (χ4n) is 3.31. The van der Waals surface area contributed by atoms with Crippen molar-refractivity contribution in [1.82, 2.24) is 4.90 Å². The summed E-state index contributed by atoms with van der Waals surface area (Å²) in [6.45, 7) is 0. The van der Waals surface area contributed by atoms with Crippen molar-refractivity contribution < 1.29 is 14.7 Å². The highest BCUT2D eigenvalue weighted by atomic mass is 79.9. The molecule has 2 heterocycles. The van der Waals surface area contributed by atoms with Crippen molar-refractivity contribution in [3.63, 3.8) is 0 Å². The summed E-state index contributed by atoms with van der Waals surface area (Å²) in [6.07, 6.45) is 2.34. The standard InChI is InChI=1S/C14H14BrNO3/c15-9-3-1-8(2-4-9)13(17)16-10-5-6-12(16)11(7-10)14(18)19/h1-4,10-12H,5-7H2,(H,18,19). The number of carboxylic acids is 1. The van der Waals surface area contributed by atoms with Gasteiger partial charge in [0.25, 0.3) is 5.91 Å². The lowest BCUT2D eigenvalue weighted by Gasteiger charge is -2.23. The SMILES string of the molecule is O=C(O)C1CC2CCC1N2C(=O)c1ccc(Br)cc1. The third-order valence-electron chi connectivity index (χ3n) is 4.18. The molecule has 100 valence electrons. The molecule has 2 aliphatic heterocycles. The highest BCUT2D eigenvalue weighted by Gasteiger charge is 2.51. The number of hydrogen-bond donors (Lipinski definition) is 1. The highest BCUT2D eigenvalue weighted by molar-refractivity contribution is 9.10. The van der Waals surface area contributed by atoms with Crippen molar-refractivity contribution in [2.75, 3.05) is 0 Å². The van der Waals surface area contributed by atoms with Crippen molar-refractivity contribution >= 4 is 27.8 Å². The Morgan fingerprint density at radius 1 is 1.21 bits per heavy atom. The number of benzene rings is 1. The maximum atomic E-state index is 12.5. The van der Waals surface area contributed by atoms with Crippen LogP contribution in [0, 0.1) is 5.92 Å². The molecule has 1 aromatic rings. The van der Waals surface area contributed by atoms with Crippen LogP contribution < -0.4 is 0 Å². The summed E-state index contributed by atoms with van der Waals surface area (Å²) in [6, 6.07) is 7.19. The average Bonchev–Trinajstić information content (AvgIpc) is 2.96. The summed E-state index contributed by atoms with van der Waals surface area (Å²) < 4.78 is 0.928. The van der Waals surface area contributed by atoms with Crippen LogP contribution in [0.5, 0.6) is 0 Å². The molecule has 0 saturated carbocycles. The predicted octanol–water partition coefficient (Wildman–Crippen LogP) is 2.53. The van der Waals surface area contributed by atoms with Gasteiger partial charge >= 0.3 is 5.97 Å². The van der Waals surface area contributed by atoms with E-state index in [0.29, 0.717) is 12.0 Å². The minimum absolute atomic E-state index is 0.0382. The lowest BCUT2D eigenvalue weighted by atomic mass is 9.89. The molecule has 19 heavy (non-hydrogen) atoms. The van der Waals surface area contributed by atoms with E-state index in [4.69, 9.17) is 0 Å². The number of carbonyl (C=O) groups is 2. The van der Waals surface area contributed by atoms with Gasteiger partial charge in [-0.1, -0.05) is 15.9 Å². The van der Waals surface area contributed by atoms with E-state index in [-0.39, 0.29) is 18.0 Å². The number of fused-ring (bicyclic) bond motifs is 2. The van der Waals surface area contributed by atoms with E-state index in [1.165, 1.54) is 0 Å². The molecule has 1 amide bonds.